The summed E-state index contributed by atoms with van der Waals surface area (Å²) in [4.78, 5) is 2.20. The normalized spacial score (nSPS) is 11.6. The molecular weight excluding hydrogens is 326 g/mol. The maximum Gasteiger partial charge on any atom is 0.0408 e. The van der Waals surface area contributed by atoms with E-state index in [1.807, 2.05) is 31.2 Å². The third-order valence-corrected chi connectivity index (χ3v) is 4.59. The van der Waals surface area contributed by atoms with E-state index in [-0.39, 0.29) is 0 Å². The van der Waals surface area contributed by atoms with Crippen molar-refractivity contribution in [2.45, 2.75) is 6.92 Å². The van der Waals surface area contributed by atoms with E-state index >= 15 is 0 Å². The summed E-state index contributed by atoms with van der Waals surface area (Å²) in [6.07, 6.45) is 8.00. The van der Waals surface area contributed by atoms with Crippen molar-refractivity contribution in [1.29, 1.82) is 0 Å². The van der Waals surface area contributed by atoms with Crippen molar-refractivity contribution >= 4 is 16.9 Å². The number of nitrogens with zero attached hydrogens (tertiary/aromatic N) is 1. The molecule has 1 heteroatoms. The molecule has 0 aromatic heterocycles. The fourth-order valence-corrected chi connectivity index (χ4v) is 3.09. The summed E-state index contributed by atoms with van der Waals surface area (Å²) < 4.78 is 0. The van der Waals surface area contributed by atoms with Gasteiger partial charge in [-0.1, -0.05) is 85.5 Å². The van der Waals surface area contributed by atoms with Gasteiger partial charge in [-0.25, -0.2) is 0 Å². The van der Waals surface area contributed by atoms with Crippen LogP contribution in [0.25, 0.3) is 16.7 Å². The highest BCUT2D eigenvalue weighted by molar-refractivity contribution is 5.77. The van der Waals surface area contributed by atoms with Crippen molar-refractivity contribution < 1.29 is 0 Å². The standard InChI is InChI=1S/C26H25N/c1-4-9-21(10-5-2)23-13-17-25(18-14-23)27(3)26-19-15-24(16-20-26)22-11-7-6-8-12-22/h4-20H,1H2,2-3H3/b10-5-,21-9+. The van der Waals surface area contributed by atoms with Crippen molar-refractivity contribution in [1.82, 2.24) is 0 Å². The summed E-state index contributed by atoms with van der Waals surface area (Å²) in [6, 6.07) is 27.7. The van der Waals surface area contributed by atoms with Crippen molar-refractivity contribution in [3.05, 3.63) is 115 Å². The highest BCUT2D eigenvalue weighted by Crippen LogP contribution is 2.28. The van der Waals surface area contributed by atoms with Crippen LogP contribution in [0.1, 0.15) is 12.5 Å². The van der Waals surface area contributed by atoms with E-state index in [9.17, 15) is 0 Å². The van der Waals surface area contributed by atoms with Gasteiger partial charge in [0.1, 0.15) is 0 Å². The molecule has 27 heavy (non-hydrogen) atoms. The largest absolute Gasteiger partial charge is 0.345 e. The quantitative estimate of drug-likeness (QED) is 0.422. The Bertz CT molecular complexity index is 930. The number of benzene rings is 3. The molecule has 0 N–H and O–H groups in total. The fourth-order valence-electron chi connectivity index (χ4n) is 3.09. The van der Waals surface area contributed by atoms with Gasteiger partial charge in [-0.3, -0.25) is 0 Å². The minimum atomic E-state index is 1.16. The Kier molecular flexibility index (Phi) is 6.06. The molecule has 0 aliphatic carbocycles. The monoisotopic (exact) mass is 351 g/mol. The van der Waals surface area contributed by atoms with Crippen LogP contribution in [-0.4, -0.2) is 7.05 Å². The molecule has 0 radical (unpaired) electrons. The molecule has 0 fully saturated rings. The lowest BCUT2D eigenvalue weighted by atomic mass is 10.0. The first-order chi connectivity index (χ1) is 13.2. The van der Waals surface area contributed by atoms with E-state index in [2.05, 4.69) is 97.4 Å². The second kappa shape index (κ2) is 8.86. The zero-order valence-corrected chi connectivity index (χ0v) is 16.0. The lowest BCUT2D eigenvalue weighted by Crippen LogP contribution is -2.09. The predicted molar refractivity (Wildman–Crippen MR) is 119 cm³/mol. The van der Waals surface area contributed by atoms with Gasteiger partial charge in [-0.2, -0.15) is 0 Å². The van der Waals surface area contributed by atoms with E-state index in [1.54, 1.807) is 0 Å². The summed E-state index contributed by atoms with van der Waals surface area (Å²) in [5.74, 6) is 0. The first-order valence-electron chi connectivity index (χ1n) is 9.18. The molecule has 0 unspecified atom stereocenters. The molecule has 0 saturated heterocycles. The lowest BCUT2D eigenvalue weighted by Gasteiger charge is -2.20. The van der Waals surface area contributed by atoms with E-state index in [0.29, 0.717) is 0 Å². The van der Waals surface area contributed by atoms with Crippen LogP contribution in [0.15, 0.2) is 110 Å². The summed E-state index contributed by atoms with van der Waals surface area (Å²) in [5.41, 5.74) is 7.14. The minimum Gasteiger partial charge on any atom is -0.345 e. The van der Waals surface area contributed by atoms with Gasteiger partial charge in [0.25, 0.3) is 0 Å². The van der Waals surface area contributed by atoms with Gasteiger partial charge in [0.2, 0.25) is 0 Å². The lowest BCUT2D eigenvalue weighted by molar-refractivity contribution is 1.21. The minimum absolute atomic E-state index is 1.16. The van der Waals surface area contributed by atoms with Crippen LogP contribution in [0, 0.1) is 0 Å². The van der Waals surface area contributed by atoms with Crippen LogP contribution in [0.4, 0.5) is 11.4 Å². The van der Waals surface area contributed by atoms with Gasteiger partial charge in [0, 0.05) is 18.4 Å². The zero-order chi connectivity index (χ0) is 19.1. The number of hydrogen-bond donors (Lipinski definition) is 0. The number of anilines is 2. The number of rotatable bonds is 6. The molecule has 0 saturated carbocycles. The van der Waals surface area contributed by atoms with Crippen molar-refractivity contribution in [3.63, 3.8) is 0 Å². The Morgan fingerprint density at radius 2 is 1.33 bits per heavy atom. The molecule has 0 aliphatic rings. The van der Waals surface area contributed by atoms with Crippen molar-refractivity contribution in [3.8, 4) is 11.1 Å². The van der Waals surface area contributed by atoms with E-state index in [1.165, 1.54) is 16.7 Å². The molecule has 134 valence electrons. The Labute approximate surface area is 162 Å². The Hall–Kier alpha value is -3.32. The Morgan fingerprint density at radius 1 is 0.778 bits per heavy atom. The summed E-state index contributed by atoms with van der Waals surface area (Å²) in [7, 11) is 2.10. The van der Waals surface area contributed by atoms with Crippen LogP contribution < -0.4 is 4.90 Å². The van der Waals surface area contributed by atoms with Crippen LogP contribution in [-0.2, 0) is 0 Å². The molecule has 0 aliphatic heterocycles. The van der Waals surface area contributed by atoms with Crippen LogP contribution in [0.3, 0.4) is 0 Å². The zero-order valence-electron chi connectivity index (χ0n) is 16.0. The molecule has 3 aromatic carbocycles. The van der Waals surface area contributed by atoms with Crippen molar-refractivity contribution in [2.24, 2.45) is 0 Å². The molecule has 3 aromatic rings. The highest BCUT2D eigenvalue weighted by atomic mass is 15.1. The van der Waals surface area contributed by atoms with Gasteiger partial charge in [0.15, 0.2) is 0 Å². The Balaban J connectivity index is 1.80. The van der Waals surface area contributed by atoms with Gasteiger partial charge in [-0.05, 0) is 53.5 Å². The fraction of sp³-hybridized carbons (Fsp3) is 0.0769. The van der Waals surface area contributed by atoms with Gasteiger partial charge >= 0.3 is 0 Å². The van der Waals surface area contributed by atoms with E-state index in [0.717, 1.165) is 16.9 Å². The Morgan fingerprint density at radius 3 is 1.89 bits per heavy atom. The maximum atomic E-state index is 3.80. The third-order valence-electron chi connectivity index (χ3n) is 4.59. The first-order valence-corrected chi connectivity index (χ1v) is 9.18. The van der Waals surface area contributed by atoms with Gasteiger partial charge in [-0.15, -0.1) is 0 Å². The summed E-state index contributed by atoms with van der Waals surface area (Å²) >= 11 is 0. The topological polar surface area (TPSA) is 3.24 Å². The summed E-state index contributed by atoms with van der Waals surface area (Å²) in [6.45, 7) is 5.83. The SMILES string of the molecule is C=C/C=C(\C=C/C)c1ccc(N(C)c2ccc(-c3ccccc3)cc2)cc1. The van der Waals surface area contributed by atoms with Crippen molar-refractivity contribution in [2.75, 3.05) is 11.9 Å². The van der Waals surface area contributed by atoms with Crippen LogP contribution in [0.5, 0.6) is 0 Å². The molecule has 0 spiro atoms. The second-order valence-electron chi connectivity index (χ2n) is 6.38. The average molecular weight is 351 g/mol. The third kappa shape index (κ3) is 4.45. The molecular formula is C26H25N. The van der Waals surface area contributed by atoms with E-state index in [4.69, 9.17) is 0 Å². The molecule has 0 amide bonds. The highest BCUT2D eigenvalue weighted by Gasteiger charge is 2.06. The number of allylic oxidation sites excluding steroid dienone is 5. The average Bonchev–Trinajstić information content (AvgIpc) is 2.74. The predicted octanol–water partition coefficient (Wildman–Crippen LogP) is 7.27. The first kappa shape index (κ1) is 18.5. The van der Waals surface area contributed by atoms with Crippen LogP contribution >= 0.6 is 0 Å². The molecule has 0 atom stereocenters. The molecule has 1 nitrogen and oxygen atoms in total. The maximum absolute atomic E-state index is 3.80. The number of hydrogen-bond acceptors (Lipinski definition) is 1. The molecule has 0 heterocycles. The van der Waals surface area contributed by atoms with Crippen LogP contribution in [0.2, 0.25) is 0 Å². The second-order valence-corrected chi connectivity index (χ2v) is 6.38. The van der Waals surface area contributed by atoms with Gasteiger partial charge in [0.05, 0.1) is 0 Å². The molecule has 3 rings (SSSR count). The molecule has 0 bridgehead atoms. The van der Waals surface area contributed by atoms with E-state index < -0.39 is 0 Å². The smallest absolute Gasteiger partial charge is 0.0408 e. The van der Waals surface area contributed by atoms with Gasteiger partial charge < -0.3 is 4.90 Å². The summed E-state index contributed by atoms with van der Waals surface area (Å²) in [5, 5.41) is 0.